The first-order chi connectivity index (χ1) is 12.7. The predicted octanol–water partition coefficient (Wildman–Crippen LogP) is 2.48. The zero-order valence-corrected chi connectivity index (χ0v) is 15.3. The van der Waals surface area contributed by atoms with Gasteiger partial charge in [-0.05, 0) is 18.2 Å². The van der Waals surface area contributed by atoms with E-state index < -0.39 is 0 Å². The Hall–Kier alpha value is -3.06. The van der Waals surface area contributed by atoms with Crippen LogP contribution in [0.2, 0.25) is 0 Å². The molecule has 132 valence electrons. The van der Waals surface area contributed by atoms with Crippen molar-refractivity contribution < 1.29 is 14.2 Å². The molecule has 26 heavy (non-hydrogen) atoms. The summed E-state index contributed by atoms with van der Waals surface area (Å²) in [6.07, 6.45) is 1.77. The number of methoxy groups -OCH3 is 3. The second-order valence-electron chi connectivity index (χ2n) is 5.58. The van der Waals surface area contributed by atoms with Gasteiger partial charge in [-0.15, -0.1) is 0 Å². The summed E-state index contributed by atoms with van der Waals surface area (Å²) in [5.74, 6) is 1.75. The van der Waals surface area contributed by atoms with Crippen LogP contribution in [0.1, 0.15) is 5.56 Å². The van der Waals surface area contributed by atoms with Gasteiger partial charge >= 0.3 is 0 Å². The van der Waals surface area contributed by atoms with Crippen molar-refractivity contribution in [1.29, 1.82) is 0 Å². The molecule has 6 nitrogen and oxygen atoms in total. The van der Waals surface area contributed by atoms with E-state index in [1.54, 1.807) is 43.9 Å². The summed E-state index contributed by atoms with van der Waals surface area (Å²) in [6, 6.07) is 11.1. The SMILES string of the molecule is COc1cc(OC)c(/C=c2\sc3nc4ccccc4n3c2=O)c(OC)c1. The van der Waals surface area contributed by atoms with E-state index in [4.69, 9.17) is 14.2 Å². The normalized spacial score (nSPS) is 12.0. The van der Waals surface area contributed by atoms with Crippen LogP contribution >= 0.6 is 11.3 Å². The molecule has 0 atom stereocenters. The van der Waals surface area contributed by atoms with Gasteiger partial charge in [0, 0.05) is 12.1 Å². The van der Waals surface area contributed by atoms with Crippen LogP contribution in [0.15, 0.2) is 41.2 Å². The number of hydrogen-bond acceptors (Lipinski definition) is 6. The van der Waals surface area contributed by atoms with E-state index in [0.717, 1.165) is 11.0 Å². The minimum absolute atomic E-state index is 0.112. The van der Waals surface area contributed by atoms with Crippen LogP contribution in [-0.4, -0.2) is 30.7 Å². The fourth-order valence-corrected chi connectivity index (χ4v) is 3.89. The third-order valence-electron chi connectivity index (χ3n) is 4.17. The van der Waals surface area contributed by atoms with Crippen molar-refractivity contribution in [2.24, 2.45) is 0 Å². The van der Waals surface area contributed by atoms with Crippen LogP contribution in [0, 0.1) is 0 Å². The van der Waals surface area contributed by atoms with Crippen LogP contribution in [0.4, 0.5) is 0 Å². The zero-order valence-electron chi connectivity index (χ0n) is 14.5. The van der Waals surface area contributed by atoms with E-state index in [9.17, 15) is 4.79 Å². The highest BCUT2D eigenvalue weighted by molar-refractivity contribution is 7.15. The largest absolute Gasteiger partial charge is 0.496 e. The second-order valence-corrected chi connectivity index (χ2v) is 6.59. The average molecular weight is 368 g/mol. The highest BCUT2D eigenvalue weighted by Crippen LogP contribution is 2.34. The Balaban J connectivity index is 2.00. The van der Waals surface area contributed by atoms with E-state index in [0.29, 0.717) is 32.3 Å². The molecule has 2 aromatic heterocycles. The van der Waals surface area contributed by atoms with Gasteiger partial charge in [0.2, 0.25) is 0 Å². The topological polar surface area (TPSA) is 62.1 Å². The molecule has 4 aromatic rings. The molecule has 4 rings (SSSR count). The fraction of sp³-hybridized carbons (Fsp3) is 0.158. The highest BCUT2D eigenvalue weighted by Gasteiger charge is 2.14. The summed E-state index contributed by atoms with van der Waals surface area (Å²) in [7, 11) is 4.71. The monoisotopic (exact) mass is 368 g/mol. The number of benzene rings is 2. The van der Waals surface area contributed by atoms with Gasteiger partial charge < -0.3 is 14.2 Å². The van der Waals surface area contributed by atoms with Crippen LogP contribution in [0.3, 0.4) is 0 Å². The molecule has 0 spiro atoms. The molecule has 0 aliphatic heterocycles. The smallest absolute Gasteiger partial charge is 0.274 e. The molecule has 0 aliphatic rings. The number of rotatable bonds is 4. The fourth-order valence-electron chi connectivity index (χ4n) is 2.92. The Kier molecular flexibility index (Phi) is 4.00. The van der Waals surface area contributed by atoms with E-state index >= 15 is 0 Å². The summed E-state index contributed by atoms with van der Waals surface area (Å²) in [4.78, 5) is 18.1. The summed E-state index contributed by atoms with van der Waals surface area (Å²) >= 11 is 1.33. The maximum atomic E-state index is 12.9. The third kappa shape index (κ3) is 2.48. The molecule has 0 unspecified atom stereocenters. The van der Waals surface area contributed by atoms with E-state index in [-0.39, 0.29) is 5.56 Å². The van der Waals surface area contributed by atoms with Crippen LogP contribution < -0.4 is 24.3 Å². The molecule has 0 radical (unpaired) electrons. The molecule has 0 bridgehead atoms. The average Bonchev–Trinajstić information content (AvgIpc) is 3.18. The van der Waals surface area contributed by atoms with Crippen LogP contribution in [0.5, 0.6) is 17.2 Å². The van der Waals surface area contributed by atoms with Gasteiger partial charge in [-0.1, -0.05) is 23.5 Å². The molecule has 0 amide bonds. The molecule has 0 fully saturated rings. The molecule has 0 N–H and O–H groups in total. The Morgan fingerprint density at radius 2 is 1.73 bits per heavy atom. The van der Waals surface area contributed by atoms with Gasteiger partial charge in [-0.25, -0.2) is 9.38 Å². The number of nitrogens with zero attached hydrogens (tertiary/aromatic N) is 2. The van der Waals surface area contributed by atoms with E-state index in [2.05, 4.69) is 4.98 Å². The predicted molar refractivity (Wildman–Crippen MR) is 102 cm³/mol. The highest BCUT2D eigenvalue weighted by atomic mass is 32.1. The maximum absolute atomic E-state index is 12.9. The van der Waals surface area contributed by atoms with Crippen molar-refractivity contribution in [3.8, 4) is 17.2 Å². The Morgan fingerprint density at radius 3 is 2.38 bits per heavy atom. The lowest BCUT2D eigenvalue weighted by atomic mass is 10.1. The van der Waals surface area contributed by atoms with Gasteiger partial charge in [0.15, 0.2) is 4.96 Å². The number of fused-ring (bicyclic) bond motifs is 3. The van der Waals surface area contributed by atoms with E-state index in [1.165, 1.54) is 11.3 Å². The number of hydrogen-bond donors (Lipinski definition) is 0. The van der Waals surface area contributed by atoms with Gasteiger partial charge in [-0.3, -0.25) is 4.79 Å². The maximum Gasteiger partial charge on any atom is 0.274 e. The van der Waals surface area contributed by atoms with Crippen LogP contribution in [-0.2, 0) is 0 Å². The summed E-state index contributed by atoms with van der Waals surface area (Å²) in [6.45, 7) is 0. The van der Waals surface area contributed by atoms with Crippen molar-refractivity contribution in [2.75, 3.05) is 21.3 Å². The lowest BCUT2D eigenvalue weighted by molar-refractivity contribution is 0.374. The lowest BCUT2D eigenvalue weighted by Crippen LogP contribution is -2.22. The molecule has 0 saturated heterocycles. The number of para-hydroxylation sites is 2. The number of aromatic nitrogens is 2. The summed E-state index contributed by atoms with van der Waals surface area (Å²) in [5.41, 5.74) is 2.18. The van der Waals surface area contributed by atoms with Crippen LogP contribution in [0.25, 0.3) is 22.1 Å². The first kappa shape index (κ1) is 16.4. The molecule has 0 saturated carbocycles. The minimum atomic E-state index is -0.112. The van der Waals surface area contributed by atoms with Crippen molar-refractivity contribution >= 4 is 33.4 Å². The quantitative estimate of drug-likeness (QED) is 0.554. The van der Waals surface area contributed by atoms with Crippen molar-refractivity contribution in [1.82, 2.24) is 9.38 Å². The van der Waals surface area contributed by atoms with Gasteiger partial charge in [0.1, 0.15) is 17.2 Å². The summed E-state index contributed by atoms with van der Waals surface area (Å²) in [5, 5.41) is 0. The van der Waals surface area contributed by atoms with Gasteiger partial charge in [-0.2, -0.15) is 0 Å². The third-order valence-corrected chi connectivity index (χ3v) is 5.14. The Labute approximate surface area is 152 Å². The van der Waals surface area contributed by atoms with E-state index in [1.807, 2.05) is 24.3 Å². The Bertz CT molecular complexity index is 1200. The molecule has 0 aliphatic carbocycles. The molecule has 2 heterocycles. The first-order valence-corrected chi connectivity index (χ1v) is 8.69. The molecule has 7 heteroatoms. The number of ether oxygens (including phenoxy) is 3. The standard InChI is InChI=1S/C19H16N2O4S/c1-23-11-8-15(24-2)12(16(9-11)25-3)10-17-18(22)21-14-7-5-4-6-13(14)20-19(21)26-17/h4-10H,1-3H3/b17-10-. The zero-order chi connectivity index (χ0) is 18.3. The van der Waals surface area contributed by atoms with Crippen molar-refractivity contribution in [2.45, 2.75) is 0 Å². The van der Waals surface area contributed by atoms with Crippen molar-refractivity contribution in [3.63, 3.8) is 0 Å². The second kappa shape index (κ2) is 6.34. The van der Waals surface area contributed by atoms with Crippen molar-refractivity contribution in [3.05, 3.63) is 56.8 Å². The summed E-state index contributed by atoms with van der Waals surface area (Å²) < 4.78 is 18.4. The minimum Gasteiger partial charge on any atom is -0.496 e. The van der Waals surface area contributed by atoms with Gasteiger partial charge in [0.25, 0.3) is 5.56 Å². The molecule has 2 aromatic carbocycles. The molecular formula is C19H16N2O4S. The Morgan fingerprint density at radius 1 is 1.04 bits per heavy atom. The lowest BCUT2D eigenvalue weighted by Gasteiger charge is -2.12. The first-order valence-electron chi connectivity index (χ1n) is 7.88. The number of imidazole rings is 1. The van der Waals surface area contributed by atoms with Gasteiger partial charge in [0.05, 0.1) is 42.5 Å². The number of thiazole rings is 1. The molecular weight excluding hydrogens is 352 g/mol.